The second kappa shape index (κ2) is 8.74. The van der Waals surface area contributed by atoms with E-state index in [1.807, 2.05) is 72.3 Å². The monoisotopic (exact) mass is 404 g/mol. The van der Waals surface area contributed by atoms with E-state index in [2.05, 4.69) is 25.6 Å². The van der Waals surface area contributed by atoms with E-state index >= 15 is 0 Å². The third-order valence-electron chi connectivity index (χ3n) is 4.30. The average molecular weight is 404 g/mol. The lowest BCUT2D eigenvalue weighted by atomic mass is 10.1. The van der Waals surface area contributed by atoms with Crippen molar-refractivity contribution in [3.8, 4) is 0 Å². The SMILES string of the molecule is Cc1cc(NC(=O)c2ccc(CSc3ncn[nH]3)cc2)n(Cc2ccccc2)n1. The Kier molecular flexibility index (Phi) is 5.71. The molecule has 0 atom stereocenters. The van der Waals surface area contributed by atoms with Crippen LogP contribution in [0, 0.1) is 6.92 Å². The Labute approximate surface area is 172 Å². The number of anilines is 1. The first-order valence-electron chi connectivity index (χ1n) is 9.14. The Balaban J connectivity index is 1.41. The van der Waals surface area contributed by atoms with Crippen molar-refractivity contribution < 1.29 is 4.79 Å². The number of benzene rings is 2. The zero-order chi connectivity index (χ0) is 20.1. The molecule has 0 spiro atoms. The molecule has 146 valence electrons. The van der Waals surface area contributed by atoms with E-state index in [0.717, 1.165) is 27.7 Å². The first-order valence-corrected chi connectivity index (χ1v) is 10.1. The van der Waals surface area contributed by atoms with Crippen LogP contribution in [0.15, 0.2) is 72.1 Å². The zero-order valence-electron chi connectivity index (χ0n) is 15.9. The molecule has 2 aromatic carbocycles. The molecule has 4 aromatic rings. The van der Waals surface area contributed by atoms with Gasteiger partial charge in [0.2, 0.25) is 0 Å². The maximum atomic E-state index is 12.7. The molecule has 0 aliphatic rings. The number of rotatable bonds is 7. The molecular formula is C21H20N6OS. The number of nitrogens with one attached hydrogen (secondary N) is 2. The Morgan fingerprint density at radius 2 is 1.90 bits per heavy atom. The van der Waals surface area contributed by atoms with Gasteiger partial charge in [-0.2, -0.15) is 10.2 Å². The maximum Gasteiger partial charge on any atom is 0.256 e. The Bertz CT molecular complexity index is 1070. The quantitative estimate of drug-likeness (QED) is 0.456. The number of carbonyl (C=O) groups is 1. The molecule has 0 aliphatic heterocycles. The minimum absolute atomic E-state index is 0.159. The summed E-state index contributed by atoms with van der Waals surface area (Å²) in [5.74, 6) is 1.27. The third kappa shape index (κ3) is 4.91. The topological polar surface area (TPSA) is 88.5 Å². The summed E-state index contributed by atoms with van der Waals surface area (Å²) in [6, 6.07) is 19.5. The molecule has 0 saturated carbocycles. The Morgan fingerprint density at radius 3 is 2.62 bits per heavy atom. The van der Waals surface area contributed by atoms with E-state index in [9.17, 15) is 4.79 Å². The van der Waals surface area contributed by atoms with Crippen LogP contribution in [0.5, 0.6) is 0 Å². The van der Waals surface area contributed by atoms with Gasteiger partial charge in [0.25, 0.3) is 5.91 Å². The van der Waals surface area contributed by atoms with Gasteiger partial charge in [-0.15, -0.1) is 0 Å². The number of nitrogens with zero attached hydrogens (tertiary/aromatic N) is 4. The summed E-state index contributed by atoms with van der Waals surface area (Å²) in [5.41, 5.74) is 3.69. The first-order chi connectivity index (χ1) is 14.2. The number of carbonyl (C=O) groups excluding carboxylic acids is 1. The lowest BCUT2D eigenvalue weighted by molar-refractivity contribution is 0.102. The molecule has 2 N–H and O–H groups in total. The molecule has 0 saturated heterocycles. The Hall–Kier alpha value is -3.39. The van der Waals surface area contributed by atoms with Crippen LogP contribution in [0.4, 0.5) is 5.82 Å². The van der Waals surface area contributed by atoms with E-state index in [0.29, 0.717) is 17.9 Å². The highest BCUT2D eigenvalue weighted by Gasteiger charge is 2.12. The minimum atomic E-state index is -0.159. The van der Waals surface area contributed by atoms with Gasteiger partial charge in [-0.1, -0.05) is 54.2 Å². The van der Waals surface area contributed by atoms with Gasteiger partial charge in [0.1, 0.15) is 12.1 Å². The van der Waals surface area contributed by atoms with E-state index in [-0.39, 0.29) is 5.91 Å². The first kappa shape index (κ1) is 18.9. The van der Waals surface area contributed by atoms with Gasteiger partial charge >= 0.3 is 0 Å². The van der Waals surface area contributed by atoms with Crippen molar-refractivity contribution in [3.05, 3.63) is 89.4 Å². The average Bonchev–Trinajstić information content (AvgIpc) is 3.37. The smallest absolute Gasteiger partial charge is 0.256 e. The molecule has 1 amide bonds. The number of aryl methyl sites for hydroxylation is 1. The van der Waals surface area contributed by atoms with Gasteiger partial charge in [-0.05, 0) is 30.2 Å². The number of hydrogen-bond donors (Lipinski definition) is 2. The fourth-order valence-corrected chi connectivity index (χ4v) is 3.61. The largest absolute Gasteiger partial charge is 0.307 e. The third-order valence-corrected chi connectivity index (χ3v) is 5.25. The molecular weight excluding hydrogens is 384 g/mol. The molecule has 0 radical (unpaired) electrons. The summed E-state index contributed by atoms with van der Waals surface area (Å²) >= 11 is 1.56. The molecule has 0 unspecified atom stereocenters. The van der Waals surface area contributed by atoms with Crippen LogP contribution < -0.4 is 5.32 Å². The fraction of sp³-hybridized carbons (Fsp3) is 0.143. The van der Waals surface area contributed by atoms with E-state index in [4.69, 9.17) is 0 Å². The van der Waals surface area contributed by atoms with Crippen LogP contribution >= 0.6 is 11.8 Å². The van der Waals surface area contributed by atoms with Crippen LogP contribution in [-0.4, -0.2) is 30.9 Å². The van der Waals surface area contributed by atoms with Crippen molar-refractivity contribution in [2.75, 3.05) is 5.32 Å². The van der Waals surface area contributed by atoms with Crippen molar-refractivity contribution >= 4 is 23.5 Å². The summed E-state index contributed by atoms with van der Waals surface area (Å²) < 4.78 is 1.81. The van der Waals surface area contributed by atoms with Crippen LogP contribution in [0.2, 0.25) is 0 Å². The van der Waals surface area contributed by atoms with E-state index in [1.54, 1.807) is 11.8 Å². The molecule has 2 aromatic heterocycles. The highest BCUT2D eigenvalue weighted by molar-refractivity contribution is 7.98. The van der Waals surface area contributed by atoms with Crippen molar-refractivity contribution in [3.63, 3.8) is 0 Å². The summed E-state index contributed by atoms with van der Waals surface area (Å²) in [6.07, 6.45) is 1.49. The van der Waals surface area contributed by atoms with Gasteiger partial charge in [0, 0.05) is 17.4 Å². The molecule has 29 heavy (non-hydrogen) atoms. The van der Waals surface area contributed by atoms with Crippen LogP contribution in [0.25, 0.3) is 0 Å². The summed E-state index contributed by atoms with van der Waals surface area (Å²) in [6.45, 7) is 2.51. The van der Waals surface area contributed by atoms with Crippen LogP contribution in [0.1, 0.15) is 27.2 Å². The van der Waals surface area contributed by atoms with Gasteiger partial charge in [0.05, 0.1) is 12.2 Å². The number of aromatic amines is 1. The lowest BCUT2D eigenvalue weighted by Crippen LogP contribution is -2.16. The molecule has 2 heterocycles. The van der Waals surface area contributed by atoms with E-state index < -0.39 is 0 Å². The second-order valence-corrected chi connectivity index (χ2v) is 7.51. The number of thioether (sulfide) groups is 1. The van der Waals surface area contributed by atoms with E-state index in [1.165, 1.54) is 6.33 Å². The molecule has 8 heteroatoms. The minimum Gasteiger partial charge on any atom is -0.307 e. The van der Waals surface area contributed by atoms with Gasteiger partial charge in [-0.25, -0.2) is 9.67 Å². The van der Waals surface area contributed by atoms with Crippen molar-refractivity contribution in [2.24, 2.45) is 0 Å². The van der Waals surface area contributed by atoms with Crippen LogP contribution in [-0.2, 0) is 12.3 Å². The maximum absolute atomic E-state index is 12.7. The number of amides is 1. The number of aromatic nitrogens is 5. The molecule has 0 bridgehead atoms. The fourth-order valence-electron chi connectivity index (χ4n) is 2.88. The molecule has 4 rings (SSSR count). The molecule has 0 fully saturated rings. The predicted molar refractivity (Wildman–Crippen MR) is 113 cm³/mol. The summed E-state index contributed by atoms with van der Waals surface area (Å²) in [4.78, 5) is 16.8. The van der Waals surface area contributed by atoms with Gasteiger partial charge in [-0.3, -0.25) is 9.89 Å². The lowest BCUT2D eigenvalue weighted by Gasteiger charge is -2.09. The van der Waals surface area contributed by atoms with Crippen molar-refractivity contribution in [1.29, 1.82) is 0 Å². The summed E-state index contributed by atoms with van der Waals surface area (Å²) in [5, 5.41) is 14.9. The van der Waals surface area contributed by atoms with Gasteiger partial charge < -0.3 is 5.32 Å². The molecule has 0 aliphatic carbocycles. The Morgan fingerprint density at radius 1 is 1.10 bits per heavy atom. The second-order valence-electron chi connectivity index (χ2n) is 6.54. The highest BCUT2D eigenvalue weighted by Crippen LogP contribution is 2.19. The normalized spacial score (nSPS) is 10.8. The standard InChI is InChI=1S/C21H20N6OS/c1-15-11-19(27(26-15)12-16-5-3-2-4-6-16)24-20(28)18-9-7-17(8-10-18)13-29-21-22-14-23-25-21/h2-11,14H,12-13H2,1H3,(H,24,28)(H,22,23,25). The van der Waals surface area contributed by atoms with Crippen LogP contribution in [0.3, 0.4) is 0 Å². The van der Waals surface area contributed by atoms with Crippen molar-refractivity contribution in [2.45, 2.75) is 24.4 Å². The van der Waals surface area contributed by atoms with Gasteiger partial charge in [0.15, 0.2) is 5.16 Å². The number of hydrogen-bond acceptors (Lipinski definition) is 5. The predicted octanol–water partition coefficient (Wildman–Crippen LogP) is 3.90. The number of H-pyrrole nitrogens is 1. The molecule has 7 nitrogen and oxygen atoms in total. The summed E-state index contributed by atoms with van der Waals surface area (Å²) in [7, 11) is 0. The highest BCUT2D eigenvalue weighted by atomic mass is 32.2. The van der Waals surface area contributed by atoms with Crippen molar-refractivity contribution in [1.82, 2.24) is 25.0 Å². The zero-order valence-corrected chi connectivity index (χ0v) is 16.7.